The van der Waals surface area contributed by atoms with Crippen LogP contribution >= 0.6 is 39.9 Å². The number of hydrogen-bond acceptors (Lipinski definition) is 4. The Balaban J connectivity index is 0.00000312. The van der Waals surface area contributed by atoms with Crippen molar-refractivity contribution < 1.29 is 4.52 Å². The van der Waals surface area contributed by atoms with Crippen molar-refractivity contribution in [1.82, 2.24) is 20.4 Å². The molecule has 0 radical (unpaired) electrons. The summed E-state index contributed by atoms with van der Waals surface area (Å²) in [5.74, 6) is 2.50. The summed E-state index contributed by atoms with van der Waals surface area (Å²) in [6, 6.07) is 8.18. The number of rotatable bonds is 6. The molecule has 0 aliphatic heterocycles. The Bertz CT molecular complexity index is 689. The summed E-state index contributed by atoms with van der Waals surface area (Å²) in [5, 5.41) is 7.30. The lowest BCUT2D eigenvalue weighted by molar-refractivity contribution is 0.370. The minimum Gasteiger partial charge on any atom is -0.356 e. The molecule has 2 aromatic rings. The average Bonchev–Trinajstić information content (AvgIpc) is 3.03. The van der Waals surface area contributed by atoms with Crippen molar-refractivity contribution in [2.45, 2.75) is 32.7 Å². The first-order chi connectivity index (χ1) is 11.5. The van der Waals surface area contributed by atoms with Crippen LogP contribution in [-0.2, 0) is 13.0 Å². The Morgan fingerprint density at radius 3 is 2.68 bits per heavy atom. The lowest BCUT2D eigenvalue weighted by Crippen LogP contribution is -2.39. The predicted molar refractivity (Wildman–Crippen MR) is 114 cm³/mol. The summed E-state index contributed by atoms with van der Waals surface area (Å²) in [6.45, 7) is 5.54. The van der Waals surface area contributed by atoms with Crippen LogP contribution in [-0.4, -0.2) is 41.6 Å². The van der Waals surface area contributed by atoms with Gasteiger partial charge in [-0.25, -0.2) is 0 Å². The van der Waals surface area contributed by atoms with E-state index < -0.39 is 0 Å². The zero-order chi connectivity index (χ0) is 17.5. The van der Waals surface area contributed by atoms with E-state index in [2.05, 4.69) is 47.3 Å². The van der Waals surface area contributed by atoms with Crippen molar-refractivity contribution in [3.8, 4) is 0 Å². The highest BCUT2D eigenvalue weighted by Crippen LogP contribution is 2.17. The second-order valence-electron chi connectivity index (χ2n) is 5.87. The molecule has 1 aromatic carbocycles. The van der Waals surface area contributed by atoms with Gasteiger partial charge in [0.1, 0.15) is 0 Å². The van der Waals surface area contributed by atoms with Gasteiger partial charge in [-0.05, 0) is 11.6 Å². The summed E-state index contributed by atoms with van der Waals surface area (Å²) >= 11 is 3.58. The minimum absolute atomic E-state index is 0. The number of nitrogens with one attached hydrogen (secondary N) is 1. The summed E-state index contributed by atoms with van der Waals surface area (Å²) in [6.07, 6.45) is 0.668. The van der Waals surface area contributed by atoms with E-state index in [1.165, 1.54) is 5.56 Å². The summed E-state index contributed by atoms with van der Waals surface area (Å²) in [5.41, 5.74) is 1.21. The van der Waals surface area contributed by atoms with Gasteiger partial charge in [-0.15, -0.1) is 24.0 Å². The molecule has 0 aliphatic carbocycles. The van der Waals surface area contributed by atoms with Gasteiger partial charge in [-0.1, -0.05) is 53.1 Å². The molecule has 0 saturated heterocycles. The van der Waals surface area contributed by atoms with Crippen molar-refractivity contribution in [2.75, 3.05) is 20.6 Å². The van der Waals surface area contributed by atoms with E-state index in [1.54, 1.807) is 7.05 Å². The molecule has 0 aliphatic rings. The number of aromatic nitrogens is 2. The van der Waals surface area contributed by atoms with E-state index in [-0.39, 0.29) is 29.9 Å². The Morgan fingerprint density at radius 1 is 1.36 bits per heavy atom. The molecule has 0 bridgehead atoms. The van der Waals surface area contributed by atoms with Crippen LogP contribution in [0, 0.1) is 0 Å². The third kappa shape index (κ3) is 6.58. The highest BCUT2D eigenvalue weighted by atomic mass is 127. The first-order valence-corrected chi connectivity index (χ1v) is 8.78. The number of benzene rings is 1. The van der Waals surface area contributed by atoms with Gasteiger partial charge in [0, 0.05) is 44.0 Å². The third-order valence-corrected chi connectivity index (χ3v) is 4.33. The Labute approximate surface area is 174 Å². The van der Waals surface area contributed by atoms with Crippen molar-refractivity contribution in [3.63, 3.8) is 0 Å². The molecule has 0 atom stereocenters. The van der Waals surface area contributed by atoms with Gasteiger partial charge >= 0.3 is 0 Å². The van der Waals surface area contributed by atoms with Crippen molar-refractivity contribution >= 4 is 45.9 Å². The molecule has 2 rings (SSSR count). The Hall–Kier alpha value is -1.16. The molecule has 0 fully saturated rings. The topological polar surface area (TPSA) is 66.5 Å². The van der Waals surface area contributed by atoms with Crippen LogP contribution < -0.4 is 5.32 Å². The van der Waals surface area contributed by atoms with Crippen LogP contribution in [0.15, 0.2) is 38.3 Å². The van der Waals surface area contributed by atoms with Gasteiger partial charge in [-0.3, -0.25) is 4.99 Å². The fourth-order valence-corrected chi connectivity index (χ4v) is 2.64. The summed E-state index contributed by atoms with van der Waals surface area (Å²) in [4.78, 5) is 10.8. The molecule has 0 spiro atoms. The highest BCUT2D eigenvalue weighted by molar-refractivity contribution is 14.0. The lowest BCUT2D eigenvalue weighted by Gasteiger charge is -2.22. The number of aliphatic imine (C=N–C) groups is 1. The maximum atomic E-state index is 5.25. The van der Waals surface area contributed by atoms with Crippen molar-refractivity contribution in [2.24, 2.45) is 4.99 Å². The molecule has 0 amide bonds. The van der Waals surface area contributed by atoms with Crippen LogP contribution in [0.2, 0.25) is 0 Å². The molecule has 6 nitrogen and oxygen atoms in total. The number of guanidine groups is 1. The normalized spacial score (nSPS) is 11.4. The van der Waals surface area contributed by atoms with Crippen LogP contribution in [0.25, 0.3) is 0 Å². The number of halogens is 2. The van der Waals surface area contributed by atoms with Crippen LogP contribution in [0.3, 0.4) is 0 Å². The zero-order valence-electron chi connectivity index (χ0n) is 15.0. The second-order valence-corrected chi connectivity index (χ2v) is 6.73. The van der Waals surface area contributed by atoms with Crippen LogP contribution in [0.5, 0.6) is 0 Å². The van der Waals surface area contributed by atoms with Crippen molar-refractivity contribution in [1.29, 1.82) is 0 Å². The molecule has 25 heavy (non-hydrogen) atoms. The molecular weight excluding hydrogens is 497 g/mol. The maximum absolute atomic E-state index is 5.25. The fraction of sp³-hybridized carbons (Fsp3) is 0.471. The SMILES string of the molecule is CN=C(NCCc1nc(C(C)C)no1)N(C)Cc1ccccc1Br.I. The smallest absolute Gasteiger partial charge is 0.228 e. The van der Waals surface area contributed by atoms with E-state index >= 15 is 0 Å². The predicted octanol–water partition coefficient (Wildman–Crippen LogP) is 3.82. The van der Waals surface area contributed by atoms with Gasteiger partial charge in [0.05, 0.1) is 0 Å². The number of nitrogens with zero attached hydrogens (tertiary/aromatic N) is 4. The zero-order valence-corrected chi connectivity index (χ0v) is 18.9. The van der Waals surface area contributed by atoms with Crippen LogP contribution in [0.1, 0.15) is 37.0 Å². The molecule has 1 aromatic heterocycles. The maximum Gasteiger partial charge on any atom is 0.228 e. The van der Waals surface area contributed by atoms with Gasteiger partial charge in [0.15, 0.2) is 11.8 Å². The molecule has 0 saturated carbocycles. The van der Waals surface area contributed by atoms with E-state index in [1.807, 2.05) is 39.1 Å². The molecular formula is C17H25BrIN5O. The quantitative estimate of drug-likeness (QED) is 0.355. The van der Waals surface area contributed by atoms with Gasteiger partial charge in [-0.2, -0.15) is 4.98 Å². The van der Waals surface area contributed by atoms with Crippen LogP contribution in [0.4, 0.5) is 0 Å². The fourth-order valence-electron chi connectivity index (χ4n) is 2.23. The first-order valence-electron chi connectivity index (χ1n) is 7.99. The van der Waals surface area contributed by atoms with E-state index in [4.69, 9.17) is 4.52 Å². The molecule has 138 valence electrons. The summed E-state index contributed by atoms with van der Waals surface area (Å²) in [7, 11) is 3.79. The molecule has 0 unspecified atom stereocenters. The lowest BCUT2D eigenvalue weighted by atomic mass is 10.2. The van der Waals surface area contributed by atoms with E-state index in [0.29, 0.717) is 18.9 Å². The third-order valence-electron chi connectivity index (χ3n) is 3.56. The number of hydrogen-bond donors (Lipinski definition) is 1. The Kier molecular flexibility index (Phi) is 9.41. The largest absolute Gasteiger partial charge is 0.356 e. The minimum atomic E-state index is 0. The first kappa shape index (κ1) is 21.9. The average molecular weight is 522 g/mol. The molecule has 8 heteroatoms. The van der Waals surface area contributed by atoms with Gasteiger partial charge in [0.25, 0.3) is 0 Å². The Morgan fingerprint density at radius 2 is 2.08 bits per heavy atom. The van der Waals surface area contributed by atoms with Gasteiger partial charge in [0.2, 0.25) is 5.89 Å². The monoisotopic (exact) mass is 521 g/mol. The highest BCUT2D eigenvalue weighted by Gasteiger charge is 2.11. The van der Waals surface area contributed by atoms with Crippen molar-refractivity contribution in [3.05, 3.63) is 46.0 Å². The van der Waals surface area contributed by atoms with E-state index in [0.717, 1.165) is 22.8 Å². The summed E-state index contributed by atoms with van der Waals surface area (Å²) < 4.78 is 6.35. The standard InChI is InChI=1S/C17H24BrN5O.HI/c1-12(2)16-21-15(24-22-16)9-10-20-17(19-3)23(4)11-13-7-5-6-8-14(13)18;/h5-8,12H,9-11H2,1-4H3,(H,19,20);1H. The second kappa shape index (κ2) is 10.7. The molecule has 1 heterocycles. The van der Waals surface area contributed by atoms with E-state index in [9.17, 15) is 0 Å². The molecule has 1 N–H and O–H groups in total. The van der Waals surface area contributed by atoms with Gasteiger partial charge < -0.3 is 14.7 Å².